The van der Waals surface area contributed by atoms with Crippen LogP contribution in [0.25, 0.3) is 0 Å². The maximum atomic E-state index is 12.9. The smallest absolute Gasteiger partial charge is 0.255 e. The molecule has 8 heteroatoms. The van der Waals surface area contributed by atoms with Crippen molar-refractivity contribution in [1.82, 2.24) is 4.31 Å². The Labute approximate surface area is 180 Å². The predicted octanol–water partition coefficient (Wildman–Crippen LogP) is 4.67. The number of nitrogens with zero attached hydrogens (tertiary/aromatic N) is 1. The van der Waals surface area contributed by atoms with E-state index in [0.717, 1.165) is 37.7 Å². The Balaban J connectivity index is 1.76. The number of aromatic hydroxyl groups is 1. The molecule has 2 aromatic rings. The normalized spacial score (nSPS) is 15.4. The van der Waals surface area contributed by atoms with E-state index in [1.54, 1.807) is 19.2 Å². The Morgan fingerprint density at radius 3 is 2.38 bits per heavy atom. The molecule has 0 bridgehead atoms. The zero-order chi connectivity index (χ0) is 21.2. The molecule has 2 aromatic carbocycles. The molecule has 0 atom stereocenters. The fourth-order valence-corrected chi connectivity index (χ4v) is 5.60. The summed E-state index contributed by atoms with van der Waals surface area (Å²) in [4.78, 5) is 12.7. The predicted molar refractivity (Wildman–Crippen MR) is 117 cm³/mol. The van der Waals surface area contributed by atoms with Crippen molar-refractivity contribution in [3.05, 3.63) is 52.0 Å². The van der Waals surface area contributed by atoms with Crippen LogP contribution in [0.5, 0.6) is 5.75 Å². The van der Waals surface area contributed by atoms with E-state index in [4.69, 9.17) is 0 Å². The molecule has 0 radical (unpaired) electrons. The van der Waals surface area contributed by atoms with Crippen LogP contribution in [0.4, 0.5) is 5.69 Å². The zero-order valence-electron chi connectivity index (χ0n) is 16.5. The molecular weight excluding hydrogens is 456 g/mol. The van der Waals surface area contributed by atoms with E-state index in [2.05, 4.69) is 21.2 Å². The van der Waals surface area contributed by atoms with Crippen LogP contribution in [0.15, 0.2) is 45.8 Å². The molecule has 1 amide bonds. The van der Waals surface area contributed by atoms with Gasteiger partial charge in [0.2, 0.25) is 10.0 Å². The summed E-state index contributed by atoms with van der Waals surface area (Å²) in [6.07, 6.45) is 5.01. The van der Waals surface area contributed by atoms with E-state index >= 15 is 0 Å². The van der Waals surface area contributed by atoms with E-state index in [1.807, 2.05) is 6.92 Å². The molecule has 0 spiro atoms. The van der Waals surface area contributed by atoms with E-state index in [0.29, 0.717) is 10.0 Å². The van der Waals surface area contributed by atoms with Crippen LogP contribution in [0.2, 0.25) is 0 Å². The van der Waals surface area contributed by atoms with Crippen molar-refractivity contribution in [2.45, 2.75) is 50.0 Å². The van der Waals surface area contributed by atoms with Gasteiger partial charge in [-0.1, -0.05) is 19.3 Å². The van der Waals surface area contributed by atoms with Crippen molar-refractivity contribution < 1.29 is 18.3 Å². The van der Waals surface area contributed by atoms with E-state index in [9.17, 15) is 18.3 Å². The molecule has 1 aliphatic carbocycles. The number of nitrogens with one attached hydrogen (secondary N) is 1. The van der Waals surface area contributed by atoms with Crippen LogP contribution >= 0.6 is 15.9 Å². The molecule has 156 valence electrons. The molecule has 3 rings (SSSR count). The van der Waals surface area contributed by atoms with Crippen LogP contribution < -0.4 is 5.32 Å². The van der Waals surface area contributed by atoms with Gasteiger partial charge in [0.1, 0.15) is 0 Å². The van der Waals surface area contributed by atoms with Gasteiger partial charge in [0, 0.05) is 18.7 Å². The minimum atomic E-state index is -3.60. The summed E-state index contributed by atoms with van der Waals surface area (Å²) in [5, 5.41) is 12.8. The number of carbonyl (C=O) groups is 1. The third kappa shape index (κ3) is 4.82. The molecule has 0 heterocycles. The third-order valence-electron chi connectivity index (χ3n) is 5.34. The number of amides is 1. The van der Waals surface area contributed by atoms with Gasteiger partial charge in [-0.15, -0.1) is 0 Å². The molecule has 29 heavy (non-hydrogen) atoms. The highest BCUT2D eigenvalue weighted by atomic mass is 79.9. The van der Waals surface area contributed by atoms with Crippen LogP contribution in [-0.4, -0.2) is 36.8 Å². The van der Waals surface area contributed by atoms with Crippen LogP contribution in [0, 0.1) is 6.92 Å². The minimum absolute atomic E-state index is 0.0273. The number of phenols is 1. The highest BCUT2D eigenvalue weighted by Crippen LogP contribution is 2.33. The van der Waals surface area contributed by atoms with Crippen LogP contribution in [-0.2, 0) is 10.0 Å². The summed E-state index contributed by atoms with van der Waals surface area (Å²) in [5.74, 6) is -0.486. The van der Waals surface area contributed by atoms with Crippen molar-refractivity contribution in [1.29, 1.82) is 0 Å². The first-order valence-corrected chi connectivity index (χ1v) is 11.8. The number of benzene rings is 2. The molecule has 2 N–H and O–H groups in total. The monoisotopic (exact) mass is 480 g/mol. The number of rotatable bonds is 5. The van der Waals surface area contributed by atoms with Crippen molar-refractivity contribution in [3.63, 3.8) is 0 Å². The van der Waals surface area contributed by atoms with Gasteiger partial charge in [0.05, 0.1) is 15.1 Å². The molecule has 0 saturated heterocycles. The first-order valence-electron chi connectivity index (χ1n) is 9.58. The van der Waals surface area contributed by atoms with Crippen molar-refractivity contribution in [3.8, 4) is 5.75 Å². The summed E-state index contributed by atoms with van der Waals surface area (Å²) in [7, 11) is -1.97. The molecule has 0 unspecified atom stereocenters. The summed E-state index contributed by atoms with van der Waals surface area (Å²) < 4.78 is 27.8. The standard InChI is InChI=1S/C21H25BrN2O4S/c1-14-12-18(22)20(25)19(13-14)23-21(26)15-8-10-17(11-9-15)29(27,28)24(2)16-6-4-3-5-7-16/h8-13,16,25H,3-7H2,1-2H3,(H,23,26). The second kappa shape index (κ2) is 8.85. The Morgan fingerprint density at radius 1 is 1.14 bits per heavy atom. The average molecular weight is 481 g/mol. The lowest BCUT2D eigenvalue weighted by molar-refractivity contribution is 0.102. The number of aryl methyl sites for hydroxylation is 1. The average Bonchev–Trinajstić information content (AvgIpc) is 2.71. The van der Waals surface area contributed by atoms with Crippen LogP contribution in [0.3, 0.4) is 0 Å². The van der Waals surface area contributed by atoms with Gasteiger partial charge in [0.15, 0.2) is 5.75 Å². The lowest BCUT2D eigenvalue weighted by atomic mass is 9.96. The maximum absolute atomic E-state index is 12.9. The van der Waals surface area contributed by atoms with Crippen molar-refractivity contribution in [2.75, 3.05) is 12.4 Å². The number of hydrogen-bond donors (Lipinski definition) is 2. The van der Waals surface area contributed by atoms with E-state index < -0.39 is 15.9 Å². The van der Waals surface area contributed by atoms with Gasteiger partial charge in [-0.25, -0.2) is 8.42 Å². The van der Waals surface area contributed by atoms with Crippen molar-refractivity contribution in [2.24, 2.45) is 0 Å². The van der Waals surface area contributed by atoms with Gasteiger partial charge >= 0.3 is 0 Å². The molecular formula is C21H25BrN2O4S. The fourth-order valence-electron chi connectivity index (χ4n) is 3.61. The topological polar surface area (TPSA) is 86.7 Å². The number of anilines is 1. The number of sulfonamides is 1. The van der Waals surface area contributed by atoms with Crippen LogP contribution in [0.1, 0.15) is 48.0 Å². The Morgan fingerprint density at radius 2 is 1.76 bits per heavy atom. The number of hydrogen-bond acceptors (Lipinski definition) is 4. The molecule has 6 nitrogen and oxygen atoms in total. The van der Waals surface area contributed by atoms with Gasteiger partial charge < -0.3 is 10.4 Å². The zero-order valence-corrected chi connectivity index (χ0v) is 18.9. The summed E-state index contributed by atoms with van der Waals surface area (Å²) in [6.45, 7) is 1.85. The Bertz CT molecular complexity index is 1000. The first-order chi connectivity index (χ1) is 13.7. The molecule has 1 aliphatic rings. The lowest BCUT2D eigenvalue weighted by Gasteiger charge is -2.30. The fraction of sp³-hybridized carbons (Fsp3) is 0.381. The molecule has 1 saturated carbocycles. The molecule has 0 aromatic heterocycles. The van der Waals surface area contributed by atoms with Gasteiger partial charge in [-0.05, 0) is 77.7 Å². The van der Waals surface area contributed by atoms with Crippen molar-refractivity contribution >= 4 is 37.5 Å². The Kier molecular flexibility index (Phi) is 6.65. The summed E-state index contributed by atoms with van der Waals surface area (Å²) >= 11 is 3.25. The maximum Gasteiger partial charge on any atom is 0.255 e. The van der Waals surface area contributed by atoms with E-state index in [1.165, 1.54) is 28.6 Å². The first kappa shape index (κ1) is 21.8. The summed E-state index contributed by atoms with van der Waals surface area (Å²) in [5.41, 5.74) is 1.47. The molecule has 0 aliphatic heterocycles. The molecule has 1 fully saturated rings. The van der Waals surface area contributed by atoms with E-state index in [-0.39, 0.29) is 22.4 Å². The second-order valence-corrected chi connectivity index (χ2v) is 10.3. The number of carbonyl (C=O) groups excluding carboxylic acids is 1. The van der Waals surface area contributed by atoms with Gasteiger partial charge in [0.25, 0.3) is 5.91 Å². The summed E-state index contributed by atoms with van der Waals surface area (Å²) in [6, 6.07) is 9.31. The second-order valence-electron chi connectivity index (χ2n) is 7.43. The SMILES string of the molecule is Cc1cc(Br)c(O)c(NC(=O)c2ccc(S(=O)(=O)N(C)C3CCCCC3)cc2)c1. The number of phenolic OH excluding ortho intramolecular Hbond substituents is 1. The van der Waals surface area contributed by atoms with Gasteiger partial charge in [-0.2, -0.15) is 4.31 Å². The quantitative estimate of drug-likeness (QED) is 0.608. The van der Waals surface area contributed by atoms with Gasteiger partial charge in [-0.3, -0.25) is 4.79 Å². The lowest BCUT2D eigenvalue weighted by Crippen LogP contribution is -2.38. The highest BCUT2D eigenvalue weighted by molar-refractivity contribution is 9.10. The third-order valence-corrected chi connectivity index (χ3v) is 7.87. The highest BCUT2D eigenvalue weighted by Gasteiger charge is 2.29. The Hall–Kier alpha value is -1.90. The number of halogens is 1. The minimum Gasteiger partial charge on any atom is -0.505 e. The largest absolute Gasteiger partial charge is 0.505 e.